The summed E-state index contributed by atoms with van der Waals surface area (Å²) in [6.07, 6.45) is 6.87. The molecule has 0 radical (unpaired) electrons. The lowest BCUT2D eigenvalue weighted by Crippen LogP contribution is -2.14. The molecule has 2 aromatic rings. The molecule has 1 N–H and O–H groups in total. The standard InChI is InChI=1S/C15H18ClN3/c16-12-4-3-5-13(10-12)17-8-9-19-11-18-14-6-1-2-7-15(14)19/h3-5,10-11,17H,1-2,6-9H2. The van der Waals surface area contributed by atoms with Crippen molar-refractivity contribution in [3.63, 3.8) is 0 Å². The summed E-state index contributed by atoms with van der Waals surface area (Å²) in [5.74, 6) is 0. The number of hydrogen-bond acceptors (Lipinski definition) is 2. The molecule has 0 fully saturated rings. The SMILES string of the molecule is Clc1cccc(NCCn2cnc3c2CCCC3)c1. The molecule has 0 spiro atoms. The van der Waals surface area contributed by atoms with Crippen molar-refractivity contribution in [3.8, 4) is 0 Å². The van der Waals surface area contributed by atoms with Gasteiger partial charge in [-0.2, -0.15) is 0 Å². The Morgan fingerprint density at radius 3 is 3.05 bits per heavy atom. The van der Waals surface area contributed by atoms with Gasteiger partial charge in [0.05, 0.1) is 12.0 Å². The zero-order valence-electron chi connectivity index (χ0n) is 10.9. The van der Waals surface area contributed by atoms with E-state index in [1.165, 1.54) is 30.7 Å². The fourth-order valence-corrected chi connectivity index (χ4v) is 2.83. The van der Waals surface area contributed by atoms with Gasteiger partial charge in [-0.05, 0) is 43.9 Å². The van der Waals surface area contributed by atoms with Crippen molar-refractivity contribution in [1.82, 2.24) is 9.55 Å². The highest BCUT2D eigenvalue weighted by atomic mass is 35.5. The lowest BCUT2D eigenvalue weighted by molar-refractivity contribution is 0.613. The molecule has 0 unspecified atom stereocenters. The molecule has 3 nitrogen and oxygen atoms in total. The molecule has 1 aromatic heterocycles. The molecule has 1 aliphatic rings. The van der Waals surface area contributed by atoms with Gasteiger partial charge in [0.2, 0.25) is 0 Å². The maximum Gasteiger partial charge on any atom is 0.0952 e. The second-order valence-electron chi connectivity index (χ2n) is 4.98. The highest BCUT2D eigenvalue weighted by Crippen LogP contribution is 2.20. The number of halogens is 1. The summed E-state index contributed by atoms with van der Waals surface area (Å²) >= 11 is 5.96. The Bertz CT molecular complexity index is 562. The molecular weight excluding hydrogens is 258 g/mol. The second kappa shape index (κ2) is 5.66. The number of anilines is 1. The number of aromatic nitrogens is 2. The minimum absolute atomic E-state index is 0.769. The molecule has 1 heterocycles. The maximum absolute atomic E-state index is 5.96. The van der Waals surface area contributed by atoms with Crippen LogP contribution in [0.4, 0.5) is 5.69 Å². The zero-order valence-corrected chi connectivity index (χ0v) is 11.7. The summed E-state index contributed by atoms with van der Waals surface area (Å²) in [6, 6.07) is 7.84. The Labute approximate surface area is 118 Å². The van der Waals surface area contributed by atoms with Crippen LogP contribution >= 0.6 is 11.6 Å². The third kappa shape index (κ3) is 2.92. The largest absolute Gasteiger partial charge is 0.383 e. The minimum Gasteiger partial charge on any atom is -0.383 e. The third-order valence-electron chi connectivity index (χ3n) is 3.62. The number of fused-ring (bicyclic) bond motifs is 1. The molecule has 0 amide bonds. The van der Waals surface area contributed by atoms with Crippen molar-refractivity contribution in [2.24, 2.45) is 0 Å². The topological polar surface area (TPSA) is 29.9 Å². The molecule has 0 saturated heterocycles. The van der Waals surface area contributed by atoms with E-state index in [0.717, 1.165) is 30.2 Å². The first-order valence-electron chi connectivity index (χ1n) is 6.85. The number of imidazole rings is 1. The molecule has 0 atom stereocenters. The van der Waals surface area contributed by atoms with Gasteiger partial charge in [-0.1, -0.05) is 17.7 Å². The van der Waals surface area contributed by atoms with Crippen molar-refractivity contribution in [2.75, 3.05) is 11.9 Å². The van der Waals surface area contributed by atoms with Crippen LogP contribution in [-0.4, -0.2) is 16.1 Å². The zero-order chi connectivity index (χ0) is 13.1. The fraction of sp³-hybridized carbons (Fsp3) is 0.400. The van der Waals surface area contributed by atoms with E-state index in [1.807, 2.05) is 30.6 Å². The first-order chi connectivity index (χ1) is 9.33. The van der Waals surface area contributed by atoms with Crippen molar-refractivity contribution in [2.45, 2.75) is 32.2 Å². The first-order valence-corrected chi connectivity index (χ1v) is 7.23. The Morgan fingerprint density at radius 1 is 1.26 bits per heavy atom. The van der Waals surface area contributed by atoms with Gasteiger partial charge in [0, 0.05) is 29.5 Å². The van der Waals surface area contributed by atoms with E-state index in [0.29, 0.717) is 0 Å². The quantitative estimate of drug-likeness (QED) is 0.925. The van der Waals surface area contributed by atoms with E-state index in [2.05, 4.69) is 14.9 Å². The van der Waals surface area contributed by atoms with Crippen LogP contribution in [0.1, 0.15) is 24.2 Å². The highest BCUT2D eigenvalue weighted by Gasteiger charge is 2.14. The lowest BCUT2D eigenvalue weighted by Gasteiger charge is -2.14. The summed E-state index contributed by atoms with van der Waals surface area (Å²) in [6.45, 7) is 1.85. The van der Waals surface area contributed by atoms with Crippen LogP contribution in [0.2, 0.25) is 5.02 Å². The predicted octanol–water partition coefficient (Wildman–Crippen LogP) is 3.53. The Morgan fingerprint density at radius 2 is 2.16 bits per heavy atom. The van der Waals surface area contributed by atoms with E-state index < -0.39 is 0 Å². The van der Waals surface area contributed by atoms with Crippen LogP contribution in [0, 0.1) is 0 Å². The van der Waals surface area contributed by atoms with Gasteiger partial charge in [-0.25, -0.2) is 4.98 Å². The highest BCUT2D eigenvalue weighted by molar-refractivity contribution is 6.30. The molecule has 4 heteroatoms. The van der Waals surface area contributed by atoms with Gasteiger partial charge in [0.1, 0.15) is 0 Å². The number of rotatable bonds is 4. The fourth-order valence-electron chi connectivity index (χ4n) is 2.64. The van der Waals surface area contributed by atoms with Crippen LogP contribution < -0.4 is 5.32 Å². The molecule has 0 saturated carbocycles. The van der Waals surface area contributed by atoms with E-state index in [9.17, 15) is 0 Å². The Kier molecular flexibility index (Phi) is 3.74. The smallest absolute Gasteiger partial charge is 0.0952 e. The van der Waals surface area contributed by atoms with Gasteiger partial charge in [-0.3, -0.25) is 0 Å². The summed E-state index contributed by atoms with van der Waals surface area (Å²) in [7, 11) is 0. The van der Waals surface area contributed by atoms with E-state index in [1.54, 1.807) is 0 Å². The number of hydrogen-bond donors (Lipinski definition) is 1. The monoisotopic (exact) mass is 275 g/mol. The van der Waals surface area contributed by atoms with Gasteiger partial charge < -0.3 is 9.88 Å². The Hall–Kier alpha value is -1.48. The van der Waals surface area contributed by atoms with Crippen LogP contribution in [0.3, 0.4) is 0 Å². The van der Waals surface area contributed by atoms with Crippen LogP contribution in [0.5, 0.6) is 0 Å². The van der Waals surface area contributed by atoms with Gasteiger partial charge in [-0.15, -0.1) is 0 Å². The van der Waals surface area contributed by atoms with E-state index >= 15 is 0 Å². The normalized spacial score (nSPS) is 14.2. The molecule has 0 aliphatic heterocycles. The van der Waals surface area contributed by atoms with Crippen molar-refractivity contribution >= 4 is 17.3 Å². The predicted molar refractivity (Wildman–Crippen MR) is 78.8 cm³/mol. The summed E-state index contributed by atoms with van der Waals surface area (Å²) in [4.78, 5) is 4.51. The molecule has 3 rings (SSSR count). The van der Waals surface area contributed by atoms with Crippen molar-refractivity contribution in [3.05, 3.63) is 47.0 Å². The molecule has 1 aliphatic carbocycles. The summed E-state index contributed by atoms with van der Waals surface area (Å²) in [5, 5.41) is 4.17. The van der Waals surface area contributed by atoms with Gasteiger partial charge in [0.25, 0.3) is 0 Å². The molecular formula is C15H18ClN3. The first kappa shape index (κ1) is 12.5. The van der Waals surface area contributed by atoms with Crippen LogP contribution in [-0.2, 0) is 19.4 Å². The maximum atomic E-state index is 5.96. The molecule has 19 heavy (non-hydrogen) atoms. The number of nitrogens with one attached hydrogen (secondary N) is 1. The van der Waals surface area contributed by atoms with Crippen molar-refractivity contribution < 1.29 is 0 Å². The van der Waals surface area contributed by atoms with Crippen molar-refractivity contribution in [1.29, 1.82) is 0 Å². The number of benzene rings is 1. The second-order valence-corrected chi connectivity index (χ2v) is 5.41. The molecule has 1 aromatic carbocycles. The molecule has 100 valence electrons. The number of aryl methyl sites for hydroxylation is 1. The number of nitrogens with zero attached hydrogens (tertiary/aromatic N) is 2. The molecule has 0 bridgehead atoms. The van der Waals surface area contributed by atoms with E-state index in [4.69, 9.17) is 11.6 Å². The minimum atomic E-state index is 0.769. The van der Waals surface area contributed by atoms with Gasteiger partial charge in [0.15, 0.2) is 0 Å². The lowest BCUT2D eigenvalue weighted by atomic mass is 10.0. The van der Waals surface area contributed by atoms with Crippen LogP contribution in [0.25, 0.3) is 0 Å². The third-order valence-corrected chi connectivity index (χ3v) is 3.85. The van der Waals surface area contributed by atoms with Gasteiger partial charge >= 0.3 is 0 Å². The summed E-state index contributed by atoms with van der Waals surface area (Å²) in [5.41, 5.74) is 3.80. The average molecular weight is 276 g/mol. The van der Waals surface area contributed by atoms with E-state index in [-0.39, 0.29) is 0 Å². The average Bonchev–Trinajstić information content (AvgIpc) is 2.83. The van der Waals surface area contributed by atoms with Crippen LogP contribution in [0.15, 0.2) is 30.6 Å². The Balaban J connectivity index is 1.59. The summed E-state index contributed by atoms with van der Waals surface area (Å²) < 4.78 is 2.28.